The Balaban J connectivity index is 1.45. The Kier molecular flexibility index (Phi) is 5.06. The van der Waals surface area contributed by atoms with E-state index in [2.05, 4.69) is 4.98 Å². The smallest absolute Gasteiger partial charge is 0.246 e. The molecule has 1 saturated heterocycles. The van der Waals surface area contributed by atoms with Crippen molar-refractivity contribution in [3.8, 4) is 5.75 Å². The highest BCUT2D eigenvalue weighted by Gasteiger charge is 2.48. The van der Waals surface area contributed by atoms with Crippen molar-refractivity contribution < 1.29 is 18.7 Å². The summed E-state index contributed by atoms with van der Waals surface area (Å²) >= 11 is 0. The van der Waals surface area contributed by atoms with Crippen LogP contribution in [-0.2, 0) is 22.6 Å². The van der Waals surface area contributed by atoms with Gasteiger partial charge in [0.25, 0.3) is 0 Å². The van der Waals surface area contributed by atoms with E-state index < -0.39 is 12.1 Å². The van der Waals surface area contributed by atoms with E-state index in [1.807, 2.05) is 48.5 Å². The number of piperazine rings is 1. The SMILES string of the molecule is COc1cccc(C2c3[nH]c4ccccc4c3CC3C(=O)N(Cc4ccc(F)cc4)CC(=O)N32)c1. The molecule has 0 saturated carbocycles. The Morgan fingerprint density at radius 1 is 1.03 bits per heavy atom. The molecule has 0 bridgehead atoms. The second kappa shape index (κ2) is 8.27. The molecule has 3 heterocycles. The molecule has 1 aromatic heterocycles. The summed E-state index contributed by atoms with van der Waals surface area (Å²) in [5, 5.41) is 1.06. The van der Waals surface area contributed by atoms with E-state index in [1.165, 1.54) is 12.1 Å². The van der Waals surface area contributed by atoms with Gasteiger partial charge in [-0.25, -0.2) is 4.39 Å². The van der Waals surface area contributed by atoms with E-state index in [4.69, 9.17) is 4.74 Å². The van der Waals surface area contributed by atoms with Crippen LogP contribution in [0.5, 0.6) is 5.75 Å². The van der Waals surface area contributed by atoms with Gasteiger partial charge in [-0.1, -0.05) is 42.5 Å². The predicted octanol–water partition coefficient (Wildman–Crippen LogP) is 4.20. The van der Waals surface area contributed by atoms with Crippen molar-refractivity contribution in [1.82, 2.24) is 14.8 Å². The first-order valence-electron chi connectivity index (χ1n) is 11.6. The molecule has 1 fully saturated rings. The van der Waals surface area contributed by atoms with Gasteiger partial charge in [-0.2, -0.15) is 0 Å². The van der Waals surface area contributed by atoms with Gasteiger partial charge >= 0.3 is 0 Å². The van der Waals surface area contributed by atoms with Crippen molar-refractivity contribution in [3.05, 3.63) is 101 Å². The molecule has 2 aliphatic rings. The third-order valence-electron chi connectivity index (χ3n) is 7.04. The van der Waals surface area contributed by atoms with Gasteiger partial charge in [0.15, 0.2) is 0 Å². The average Bonchev–Trinajstić information content (AvgIpc) is 3.25. The van der Waals surface area contributed by atoms with Crippen LogP contribution in [0.2, 0.25) is 0 Å². The fraction of sp³-hybridized carbons (Fsp3) is 0.214. The maximum absolute atomic E-state index is 13.8. The molecule has 1 N–H and O–H groups in total. The number of H-pyrrole nitrogens is 1. The van der Waals surface area contributed by atoms with E-state index >= 15 is 0 Å². The van der Waals surface area contributed by atoms with Crippen molar-refractivity contribution >= 4 is 22.7 Å². The standard InChI is InChI=1S/C28H24FN3O3/c1-35-20-6-4-5-18(13-20)27-26-22(21-7-2-3-8-23(21)30-26)14-24-28(34)31(16-25(33)32(24)27)15-17-9-11-19(29)12-10-17/h2-13,24,27,30H,14-16H2,1H3. The number of benzene rings is 3. The largest absolute Gasteiger partial charge is 0.497 e. The minimum absolute atomic E-state index is 0.0251. The van der Waals surface area contributed by atoms with Gasteiger partial charge in [0, 0.05) is 29.6 Å². The Bertz CT molecular complexity index is 1450. The van der Waals surface area contributed by atoms with Crippen LogP contribution in [0.15, 0.2) is 72.8 Å². The van der Waals surface area contributed by atoms with Gasteiger partial charge in [0.2, 0.25) is 11.8 Å². The monoisotopic (exact) mass is 469 g/mol. The van der Waals surface area contributed by atoms with Crippen LogP contribution in [0.4, 0.5) is 4.39 Å². The molecule has 0 spiro atoms. The minimum atomic E-state index is -0.625. The maximum atomic E-state index is 13.8. The molecular formula is C28H24FN3O3. The molecule has 7 heteroatoms. The van der Waals surface area contributed by atoms with E-state index in [9.17, 15) is 14.0 Å². The molecule has 0 radical (unpaired) electrons. The number of ether oxygens (including phenoxy) is 1. The summed E-state index contributed by atoms with van der Waals surface area (Å²) < 4.78 is 18.8. The maximum Gasteiger partial charge on any atom is 0.246 e. The molecule has 0 aliphatic carbocycles. The molecule has 3 aromatic carbocycles. The molecule has 176 valence electrons. The number of hydrogen-bond donors (Lipinski definition) is 1. The summed E-state index contributed by atoms with van der Waals surface area (Å²) in [6.07, 6.45) is 0.435. The Hall–Kier alpha value is -4.13. The number of carbonyl (C=O) groups excluding carboxylic acids is 2. The predicted molar refractivity (Wildman–Crippen MR) is 129 cm³/mol. The van der Waals surface area contributed by atoms with Crippen LogP contribution in [0, 0.1) is 5.82 Å². The van der Waals surface area contributed by atoms with E-state index in [-0.39, 0.29) is 30.7 Å². The first kappa shape index (κ1) is 21.4. The zero-order chi connectivity index (χ0) is 24.1. The third kappa shape index (κ3) is 3.55. The van der Waals surface area contributed by atoms with Gasteiger partial charge in [-0.05, 0) is 47.0 Å². The number of nitrogens with one attached hydrogen (secondary N) is 1. The molecule has 35 heavy (non-hydrogen) atoms. The highest BCUT2D eigenvalue weighted by atomic mass is 19.1. The van der Waals surface area contributed by atoms with Gasteiger partial charge < -0.3 is 19.5 Å². The van der Waals surface area contributed by atoms with Crippen molar-refractivity contribution in [3.63, 3.8) is 0 Å². The number of halogens is 1. The Morgan fingerprint density at radius 3 is 2.63 bits per heavy atom. The second-order valence-corrected chi connectivity index (χ2v) is 9.08. The molecule has 4 aromatic rings. The van der Waals surface area contributed by atoms with Gasteiger partial charge in [0.05, 0.1) is 13.2 Å². The van der Waals surface area contributed by atoms with E-state index in [0.29, 0.717) is 12.2 Å². The third-order valence-corrected chi connectivity index (χ3v) is 7.04. The summed E-state index contributed by atoms with van der Waals surface area (Å²) in [5.74, 6) is 0.142. The molecule has 2 atom stereocenters. The van der Waals surface area contributed by atoms with Crippen molar-refractivity contribution in [2.75, 3.05) is 13.7 Å². The van der Waals surface area contributed by atoms with Crippen molar-refractivity contribution in [2.45, 2.75) is 25.0 Å². The van der Waals surface area contributed by atoms with Crippen LogP contribution in [0.25, 0.3) is 10.9 Å². The lowest BCUT2D eigenvalue weighted by Gasteiger charge is -2.47. The lowest BCUT2D eigenvalue weighted by molar-refractivity contribution is -0.159. The minimum Gasteiger partial charge on any atom is -0.497 e. The molecular weight excluding hydrogens is 445 g/mol. The van der Waals surface area contributed by atoms with Gasteiger partial charge in [-0.15, -0.1) is 0 Å². The number of rotatable bonds is 4. The Labute approximate surface area is 201 Å². The number of para-hydroxylation sites is 1. The topological polar surface area (TPSA) is 65.6 Å². The summed E-state index contributed by atoms with van der Waals surface area (Å²) in [4.78, 5) is 34.2. The zero-order valence-electron chi connectivity index (χ0n) is 19.2. The summed E-state index contributed by atoms with van der Waals surface area (Å²) in [6.45, 7) is 0.239. The first-order valence-corrected chi connectivity index (χ1v) is 11.6. The number of aromatic amines is 1. The second-order valence-electron chi connectivity index (χ2n) is 9.08. The fourth-order valence-electron chi connectivity index (χ4n) is 5.43. The lowest BCUT2D eigenvalue weighted by atomic mass is 9.86. The average molecular weight is 470 g/mol. The quantitative estimate of drug-likeness (QED) is 0.487. The van der Waals surface area contributed by atoms with Crippen molar-refractivity contribution in [1.29, 1.82) is 0 Å². The molecule has 2 amide bonds. The highest BCUT2D eigenvalue weighted by molar-refractivity contribution is 5.97. The number of hydrogen-bond acceptors (Lipinski definition) is 3. The Morgan fingerprint density at radius 2 is 1.83 bits per heavy atom. The van der Waals surface area contributed by atoms with Crippen LogP contribution in [-0.4, -0.2) is 46.3 Å². The number of aromatic nitrogens is 1. The number of amides is 2. The van der Waals surface area contributed by atoms with Crippen molar-refractivity contribution in [2.24, 2.45) is 0 Å². The lowest BCUT2D eigenvalue weighted by Crippen LogP contribution is -2.62. The van der Waals surface area contributed by atoms with Crippen LogP contribution in [0.1, 0.15) is 28.4 Å². The molecule has 6 nitrogen and oxygen atoms in total. The first-order chi connectivity index (χ1) is 17.0. The fourth-order valence-corrected chi connectivity index (χ4v) is 5.43. The number of carbonyl (C=O) groups is 2. The molecule has 6 rings (SSSR count). The van der Waals surface area contributed by atoms with Crippen LogP contribution >= 0.6 is 0 Å². The van der Waals surface area contributed by atoms with E-state index in [1.54, 1.807) is 29.0 Å². The zero-order valence-corrected chi connectivity index (χ0v) is 19.2. The number of nitrogens with zero attached hydrogens (tertiary/aromatic N) is 2. The number of methoxy groups -OCH3 is 1. The highest BCUT2D eigenvalue weighted by Crippen LogP contribution is 2.43. The summed E-state index contributed by atoms with van der Waals surface area (Å²) in [6, 6.07) is 20.7. The normalized spacial score (nSPS) is 19.6. The number of fused-ring (bicyclic) bond motifs is 4. The summed E-state index contributed by atoms with van der Waals surface area (Å²) in [5.41, 5.74) is 4.64. The summed E-state index contributed by atoms with van der Waals surface area (Å²) in [7, 11) is 1.61. The van der Waals surface area contributed by atoms with E-state index in [0.717, 1.165) is 33.3 Å². The van der Waals surface area contributed by atoms with Gasteiger partial charge in [0.1, 0.15) is 24.2 Å². The molecule has 2 unspecified atom stereocenters. The van der Waals surface area contributed by atoms with Crippen LogP contribution in [0.3, 0.4) is 0 Å². The van der Waals surface area contributed by atoms with Gasteiger partial charge in [-0.3, -0.25) is 9.59 Å². The molecule has 2 aliphatic heterocycles. The van der Waals surface area contributed by atoms with Crippen LogP contribution < -0.4 is 4.74 Å².